The topological polar surface area (TPSA) is 49.4 Å². The molecule has 24 heavy (non-hydrogen) atoms. The van der Waals surface area contributed by atoms with Gasteiger partial charge in [-0.1, -0.05) is 43.0 Å². The molecule has 0 fully saturated rings. The highest BCUT2D eigenvalue weighted by Crippen LogP contribution is 2.17. The van der Waals surface area contributed by atoms with Crippen LogP contribution < -0.4 is 10.2 Å². The lowest BCUT2D eigenvalue weighted by atomic mass is 10.1. The molecule has 0 saturated carbocycles. The summed E-state index contributed by atoms with van der Waals surface area (Å²) >= 11 is 0. The van der Waals surface area contributed by atoms with Gasteiger partial charge in [0.05, 0.1) is 0 Å². The molecule has 0 aliphatic carbocycles. The van der Waals surface area contributed by atoms with E-state index < -0.39 is 0 Å². The van der Waals surface area contributed by atoms with Crippen LogP contribution in [0.15, 0.2) is 79.9 Å². The number of hydrogen-bond acceptors (Lipinski definition) is 2. The van der Waals surface area contributed by atoms with Gasteiger partial charge in [-0.25, -0.2) is 0 Å². The van der Waals surface area contributed by atoms with E-state index >= 15 is 0 Å². The molecule has 2 aromatic rings. The Balaban J connectivity index is 2.14. The molecule has 4 heteroatoms. The van der Waals surface area contributed by atoms with Crippen LogP contribution in [0.25, 0.3) is 0 Å². The maximum absolute atomic E-state index is 12.8. The van der Waals surface area contributed by atoms with Crippen LogP contribution in [-0.2, 0) is 11.3 Å². The van der Waals surface area contributed by atoms with E-state index in [0.29, 0.717) is 18.7 Å². The van der Waals surface area contributed by atoms with Crippen molar-refractivity contribution in [3.8, 4) is 0 Å². The summed E-state index contributed by atoms with van der Waals surface area (Å²) in [6, 6.07) is 16.6. The highest BCUT2D eigenvalue weighted by molar-refractivity contribution is 6.06. The summed E-state index contributed by atoms with van der Waals surface area (Å²) in [5, 5.41) is 2.70. The number of nitrogens with zero attached hydrogens (tertiary/aromatic N) is 1. The van der Waals surface area contributed by atoms with Crippen molar-refractivity contribution in [3.63, 3.8) is 0 Å². The number of carbonyl (C=O) groups is 2. The van der Waals surface area contributed by atoms with E-state index in [0.717, 1.165) is 11.3 Å². The summed E-state index contributed by atoms with van der Waals surface area (Å²) in [5.74, 6) is -0.320. The predicted octanol–water partition coefficient (Wildman–Crippen LogP) is 3.32. The second kappa shape index (κ2) is 8.48. The Bertz CT molecular complexity index is 721. The van der Waals surface area contributed by atoms with Crippen molar-refractivity contribution in [2.24, 2.45) is 0 Å². The van der Waals surface area contributed by atoms with Gasteiger partial charge in [0.2, 0.25) is 5.91 Å². The number of hydrogen-bond donors (Lipinski definition) is 1. The van der Waals surface area contributed by atoms with Gasteiger partial charge in [0.15, 0.2) is 0 Å². The van der Waals surface area contributed by atoms with Crippen LogP contribution in [0, 0.1) is 0 Å². The minimum absolute atomic E-state index is 0.0947. The summed E-state index contributed by atoms with van der Waals surface area (Å²) in [4.78, 5) is 25.6. The Labute approximate surface area is 142 Å². The van der Waals surface area contributed by atoms with Crippen molar-refractivity contribution in [1.29, 1.82) is 0 Å². The molecular formula is C20H20N2O2. The summed E-state index contributed by atoms with van der Waals surface area (Å²) < 4.78 is 0. The van der Waals surface area contributed by atoms with Gasteiger partial charge in [0.1, 0.15) is 0 Å². The van der Waals surface area contributed by atoms with E-state index in [1.54, 1.807) is 23.1 Å². The molecule has 0 aliphatic heterocycles. The van der Waals surface area contributed by atoms with Gasteiger partial charge in [-0.2, -0.15) is 0 Å². The third kappa shape index (κ3) is 4.43. The summed E-state index contributed by atoms with van der Waals surface area (Å²) in [5.41, 5.74) is 2.32. The number of benzene rings is 2. The van der Waals surface area contributed by atoms with Gasteiger partial charge in [-0.3, -0.25) is 9.59 Å². The highest BCUT2D eigenvalue weighted by Gasteiger charge is 2.16. The lowest BCUT2D eigenvalue weighted by Crippen LogP contribution is -2.31. The van der Waals surface area contributed by atoms with E-state index in [1.165, 1.54) is 6.08 Å². The molecule has 0 unspecified atom stereocenters. The maximum atomic E-state index is 12.8. The van der Waals surface area contributed by atoms with Crippen molar-refractivity contribution in [2.75, 3.05) is 11.4 Å². The van der Waals surface area contributed by atoms with Crippen molar-refractivity contribution in [3.05, 3.63) is 91.0 Å². The normalized spacial score (nSPS) is 9.83. The zero-order valence-corrected chi connectivity index (χ0v) is 13.4. The molecule has 0 bridgehead atoms. The number of rotatable bonds is 7. The molecule has 2 rings (SSSR count). The van der Waals surface area contributed by atoms with E-state index in [4.69, 9.17) is 0 Å². The summed E-state index contributed by atoms with van der Waals surface area (Å²) in [6.45, 7) is 7.96. The molecular weight excluding hydrogens is 300 g/mol. The summed E-state index contributed by atoms with van der Waals surface area (Å²) in [7, 11) is 0. The average molecular weight is 320 g/mol. The van der Waals surface area contributed by atoms with Gasteiger partial charge < -0.3 is 10.2 Å². The van der Waals surface area contributed by atoms with Gasteiger partial charge in [-0.05, 0) is 35.9 Å². The molecule has 2 amide bonds. The van der Waals surface area contributed by atoms with Crippen LogP contribution in [0.2, 0.25) is 0 Å². The summed E-state index contributed by atoms with van der Waals surface area (Å²) in [6.07, 6.45) is 2.93. The van der Waals surface area contributed by atoms with E-state index in [1.807, 2.05) is 42.5 Å². The average Bonchev–Trinajstić information content (AvgIpc) is 2.64. The van der Waals surface area contributed by atoms with Crippen LogP contribution in [0.4, 0.5) is 5.69 Å². The number of anilines is 1. The molecule has 0 heterocycles. The standard InChI is InChI=1S/C20H20N2O2/c1-3-14-22(18-8-6-5-7-9-18)20(24)17-12-10-16(11-13-17)15-21-19(23)4-2/h3-13H,1-2,14-15H2,(H,21,23). The fourth-order valence-corrected chi connectivity index (χ4v) is 2.22. The van der Waals surface area contributed by atoms with Gasteiger partial charge in [0, 0.05) is 24.3 Å². The maximum Gasteiger partial charge on any atom is 0.258 e. The largest absolute Gasteiger partial charge is 0.348 e. The van der Waals surface area contributed by atoms with E-state index in [2.05, 4.69) is 18.5 Å². The lowest BCUT2D eigenvalue weighted by molar-refractivity contribution is -0.116. The second-order valence-corrected chi connectivity index (χ2v) is 5.16. The minimum atomic E-state index is -0.226. The number of nitrogens with one attached hydrogen (secondary N) is 1. The van der Waals surface area contributed by atoms with E-state index in [-0.39, 0.29) is 11.8 Å². The Morgan fingerprint density at radius 3 is 2.25 bits per heavy atom. The van der Waals surface area contributed by atoms with Crippen molar-refractivity contribution in [2.45, 2.75) is 6.54 Å². The van der Waals surface area contributed by atoms with Gasteiger partial charge in [-0.15, -0.1) is 6.58 Å². The first-order chi connectivity index (χ1) is 11.7. The number of carbonyl (C=O) groups excluding carboxylic acids is 2. The minimum Gasteiger partial charge on any atom is -0.348 e. The molecule has 1 N–H and O–H groups in total. The lowest BCUT2D eigenvalue weighted by Gasteiger charge is -2.21. The van der Waals surface area contributed by atoms with E-state index in [9.17, 15) is 9.59 Å². The van der Waals surface area contributed by atoms with Crippen molar-refractivity contribution < 1.29 is 9.59 Å². The molecule has 0 radical (unpaired) electrons. The highest BCUT2D eigenvalue weighted by atomic mass is 16.2. The molecule has 0 spiro atoms. The van der Waals surface area contributed by atoms with Crippen LogP contribution in [0.1, 0.15) is 15.9 Å². The molecule has 0 atom stereocenters. The molecule has 4 nitrogen and oxygen atoms in total. The first-order valence-corrected chi connectivity index (χ1v) is 7.62. The zero-order chi connectivity index (χ0) is 17.4. The Morgan fingerprint density at radius 1 is 1.00 bits per heavy atom. The third-order valence-electron chi connectivity index (χ3n) is 3.48. The Morgan fingerprint density at radius 2 is 1.67 bits per heavy atom. The number of para-hydroxylation sites is 1. The molecule has 122 valence electrons. The molecule has 0 saturated heterocycles. The van der Waals surface area contributed by atoms with Crippen LogP contribution in [0.5, 0.6) is 0 Å². The van der Waals surface area contributed by atoms with Gasteiger partial charge in [0.25, 0.3) is 5.91 Å². The fourth-order valence-electron chi connectivity index (χ4n) is 2.22. The molecule has 0 aromatic heterocycles. The SMILES string of the molecule is C=CCN(C(=O)c1ccc(CNC(=O)C=C)cc1)c1ccccc1. The quantitative estimate of drug-likeness (QED) is 0.628. The van der Waals surface area contributed by atoms with Crippen molar-refractivity contribution >= 4 is 17.5 Å². The Kier molecular flexibility index (Phi) is 6.08. The first-order valence-electron chi connectivity index (χ1n) is 7.62. The van der Waals surface area contributed by atoms with Crippen LogP contribution in [-0.4, -0.2) is 18.4 Å². The predicted molar refractivity (Wildman–Crippen MR) is 96.8 cm³/mol. The monoisotopic (exact) mass is 320 g/mol. The second-order valence-electron chi connectivity index (χ2n) is 5.16. The van der Waals surface area contributed by atoms with Crippen LogP contribution >= 0.6 is 0 Å². The smallest absolute Gasteiger partial charge is 0.258 e. The van der Waals surface area contributed by atoms with Crippen LogP contribution in [0.3, 0.4) is 0 Å². The zero-order valence-electron chi connectivity index (χ0n) is 13.4. The fraction of sp³-hybridized carbons (Fsp3) is 0.100. The van der Waals surface area contributed by atoms with Crippen molar-refractivity contribution in [1.82, 2.24) is 5.32 Å². The Hall–Kier alpha value is -3.14. The first kappa shape index (κ1) is 17.2. The van der Waals surface area contributed by atoms with Gasteiger partial charge >= 0.3 is 0 Å². The molecule has 0 aliphatic rings. The number of amides is 2. The third-order valence-corrected chi connectivity index (χ3v) is 3.48. The molecule has 2 aromatic carbocycles.